The number of rotatable bonds is 4. The lowest BCUT2D eigenvalue weighted by atomic mass is 10.1. The maximum absolute atomic E-state index is 13.1. The van der Waals surface area contributed by atoms with Crippen LogP contribution in [0.2, 0.25) is 0 Å². The van der Waals surface area contributed by atoms with Crippen LogP contribution in [0.4, 0.5) is 21.5 Å². The van der Waals surface area contributed by atoms with Crippen molar-refractivity contribution in [3.05, 3.63) is 50.5 Å². The molecule has 0 bridgehead atoms. The molecule has 2 fully saturated rings. The molecule has 27 heavy (non-hydrogen) atoms. The van der Waals surface area contributed by atoms with Gasteiger partial charge in [-0.2, -0.15) is 0 Å². The molecule has 4 rings (SSSR count). The van der Waals surface area contributed by atoms with E-state index in [1.165, 1.54) is 37.8 Å². The summed E-state index contributed by atoms with van der Waals surface area (Å²) in [6.07, 6.45) is 7.00. The molecule has 5 nitrogen and oxygen atoms in total. The number of halogens is 1. The Kier molecular flexibility index (Phi) is 5.14. The minimum absolute atomic E-state index is 0.240. The van der Waals surface area contributed by atoms with Gasteiger partial charge >= 0.3 is 0 Å². The van der Waals surface area contributed by atoms with E-state index in [0.29, 0.717) is 30.5 Å². The molecule has 0 aromatic heterocycles. The zero-order chi connectivity index (χ0) is 18.8. The fourth-order valence-electron chi connectivity index (χ4n) is 4.28. The molecule has 2 aliphatic rings. The highest BCUT2D eigenvalue weighted by Crippen LogP contribution is 2.27. The van der Waals surface area contributed by atoms with Gasteiger partial charge in [0, 0.05) is 37.9 Å². The molecule has 1 aliphatic heterocycles. The predicted octanol–water partition coefficient (Wildman–Crippen LogP) is 2.88. The second-order valence-corrected chi connectivity index (χ2v) is 7.67. The van der Waals surface area contributed by atoms with Gasteiger partial charge in [0.15, 0.2) is 0 Å². The maximum Gasteiger partial charge on any atom is 0.253 e. The van der Waals surface area contributed by atoms with Crippen molar-refractivity contribution in [2.45, 2.75) is 44.6 Å². The van der Waals surface area contributed by atoms with Crippen molar-refractivity contribution in [1.29, 1.82) is 0 Å². The first-order chi connectivity index (χ1) is 13.1. The smallest absolute Gasteiger partial charge is 0.253 e. The summed E-state index contributed by atoms with van der Waals surface area (Å²) in [5.41, 5.74) is 1.36. The summed E-state index contributed by atoms with van der Waals surface area (Å²) in [5, 5.41) is 3.38. The molecule has 1 N–H and O–H groups in total. The monoisotopic (exact) mass is 371 g/mol. The highest BCUT2D eigenvalue weighted by atomic mass is 19.1. The quantitative estimate of drug-likeness (QED) is 0.662. The molecular formula is C21H26FN3O2. The molecule has 1 saturated carbocycles. The number of hydrogen-bond donors (Lipinski definition) is 1. The van der Waals surface area contributed by atoms with E-state index >= 15 is 0 Å². The van der Waals surface area contributed by atoms with Crippen LogP contribution < -0.4 is 26.0 Å². The molecule has 1 heterocycles. The molecule has 144 valence electrons. The number of hydrogen-bond acceptors (Lipinski definition) is 5. The van der Waals surface area contributed by atoms with Crippen molar-refractivity contribution in [3.8, 4) is 0 Å². The molecule has 0 amide bonds. The first-order valence-corrected chi connectivity index (χ1v) is 9.99. The predicted molar refractivity (Wildman–Crippen MR) is 107 cm³/mol. The SMILES string of the molecule is O=c1c(NC2CCCCCC2)c(N2CCN(c3ccc(F)cc3)CC2)c1=O. The topological polar surface area (TPSA) is 52.7 Å². The van der Waals surface area contributed by atoms with Crippen LogP contribution in [0.25, 0.3) is 0 Å². The lowest BCUT2D eigenvalue weighted by Gasteiger charge is -2.38. The van der Waals surface area contributed by atoms with E-state index in [4.69, 9.17) is 0 Å². The van der Waals surface area contributed by atoms with Crippen LogP contribution in [0.5, 0.6) is 0 Å². The van der Waals surface area contributed by atoms with Crippen molar-refractivity contribution >= 4 is 17.1 Å². The van der Waals surface area contributed by atoms with Crippen molar-refractivity contribution in [2.24, 2.45) is 0 Å². The standard InChI is InChI=1S/C21H26FN3O2/c22-15-7-9-17(10-8-15)24-11-13-25(14-12-24)19-18(20(26)21(19)27)23-16-5-3-1-2-4-6-16/h7-10,16,23H,1-6,11-14H2. The van der Waals surface area contributed by atoms with E-state index in [1.807, 2.05) is 4.90 Å². The Morgan fingerprint density at radius 3 is 2.04 bits per heavy atom. The average Bonchev–Trinajstić information content (AvgIpc) is 2.97. The zero-order valence-electron chi connectivity index (χ0n) is 15.5. The molecule has 0 radical (unpaired) electrons. The third-order valence-corrected chi connectivity index (χ3v) is 5.88. The van der Waals surface area contributed by atoms with Crippen molar-refractivity contribution in [1.82, 2.24) is 0 Å². The molecule has 0 atom stereocenters. The fourth-order valence-corrected chi connectivity index (χ4v) is 4.28. The third-order valence-electron chi connectivity index (χ3n) is 5.88. The van der Waals surface area contributed by atoms with Crippen LogP contribution in [0.1, 0.15) is 38.5 Å². The highest BCUT2D eigenvalue weighted by Gasteiger charge is 2.30. The van der Waals surface area contributed by atoms with E-state index in [-0.39, 0.29) is 16.7 Å². The number of piperazine rings is 1. The normalized spacial score (nSPS) is 19.3. The summed E-state index contributed by atoms with van der Waals surface area (Å²) in [6, 6.07) is 6.79. The molecule has 0 unspecified atom stereocenters. The van der Waals surface area contributed by atoms with Crippen molar-refractivity contribution < 1.29 is 4.39 Å². The van der Waals surface area contributed by atoms with Crippen LogP contribution >= 0.6 is 0 Å². The first-order valence-electron chi connectivity index (χ1n) is 9.99. The Bertz CT molecular complexity index is 841. The van der Waals surface area contributed by atoms with Crippen LogP contribution in [0, 0.1) is 5.82 Å². The highest BCUT2D eigenvalue weighted by molar-refractivity contribution is 5.76. The van der Waals surface area contributed by atoms with Crippen LogP contribution in [0.15, 0.2) is 33.9 Å². The molecular weight excluding hydrogens is 345 g/mol. The minimum atomic E-state index is -0.366. The van der Waals surface area contributed by atoms with Gasteiger partial charge in [-0.3, -0.25) is 9.59 Å². The van der Waals surface area contributed by atoms with E-state index in [1.54, 1.807) is 12.1 Å². The lowest BCUT2D eigenvalue weighted by molar-refractivity contribution is 0.614. The van der Waals surface area contributed by atoms with E-state index in [0.717, 1.165) is 31.6 Å². The van der Waals surface area contributed by atoms with Gasteiger partial charge < -0.3 is 15.1 Å². The second-order valence-electron chi connectivity index (χ2n) is 7.67. The summed E-state index contributed by atoms with van der Waals surface area (Å²) in [5.74, 6) is -0.240. The van der Waals surface area contributed by atoms with Crippen molar-refractivity contribution in [3.63, 3.8) is 0 Å². The molecule has 2 aromatic carbocycles. The van der Waals surface area contributed by atoms with Crippen LogP contribution in [0.3, 0.4) is 0 Å². The van der Waals surface area contributed by atoms with Gasteiger partial charge in [0.05, 0.1) is 0 Å². The summed E-state index contributed by atoms with van der Waals surface area (Å²) < 4.78 is 13.1. The van der Waals surface area contributed by atoms with Gasteiger partial charge in [0.25, 0.3) is 10.9 Å². The maximum atomic E-state index is 13.1. The Balaban J connectivity index is 1.42. The molecule has 6 heteroatoms. The largest absolute Gasteiger partial charge is 0.377 e. The fraction of sp³-hybridized carbons (Fsp3) is 0.524. The molecule has 0 spiro atoms. The van der Waals surface area contributed by atoms with Gasteiger partial charge in [-0.15, -0.1) is 0 Å². The summed E-state index contributed by atoms with van der Waals surface area (Å²) in [4.78, 5) is 28.6. The van der Waals surface area contributed by atoms with E-state index in [2.05, 4.69) is 10.2 Å². The Morgan fingerprint density at radius 2 is 1.41 bits per heavy atom. The Hall–Kier alpha value is -2.37. The number of benzene rings is 1. The van der Waals surface area contributed by atoms with Gasteiger partial charge in [0.1, 0.15) is 17.2 Å². The van der Waals surface area contributed by atoms with Gasteiger partial charge in [-0.1, -0.05) is 25.7 Å². The number of nitrogens with zero attached hydrogens (tertiary/aromatic N) is 2. The summed E-state index contributed by atoms with van der Waals surface area (Å²) >= 11 is 0. The lowest BCUT2D eigenvalue weighted by Crippen LogP contribution is -2.52. The van der Waals surface area contributed by atoms with Gasteiger partial charge in [-0.25, -0.2) is 4.39 Å². The molecule has 1 saturated heterocycles. The van der Waals surface area contributed by atoms with E-state index in [9.17, 15) is 14.0 Å². The number of nitrogens with one attached hydrogen (secondary N) is 1. The van der Waals surface area contributed by atoms with E-state index < -0.39 is 0 Å². The van der Waals surface area contributed by atoms with Crippen molar-refractivity contribution in [2.75, 3.05) is 41.3 Å². The van der Waals surface area contributed by atoms with Gasteiger partial charge in [-0.05, 0) is 37.1 Å². The summed E-state index contributed by atoms with van der Waals surface area (Å²) in [7, 11) is 0. The minimum Gasteiger partial charge on any atom is -0.377 e. The average molecular weight is 371 g/mol. The van der Waals surface area contributed by atoms with Gasteiger partial charge in [0.2, 0.25) is 0 Å². The molecule has 2 aromatic rings. The van der Waals surface area contributed by atoms with Crippen LogP contribution in [-0.4, -0.2) is 32.2 Å². The second kappa shape index (κ2) is 7.71. The number of anilines is 3. The van der Waals surface area contributed by atoms with Crippen LogP contribution in [-0.2, 0) is 0 Å². The third kappa shape index (κ3) is 3.70. The first kappa shape index (κ1) is 18.0. The summed E-state index contributed by atoms with van der Waals surface area (Å²) in [6.45, 7) is 2.85. The Morgan fingerprint density at radius 1 is 0.815 bits per heavy atom. The Labute approximate surface area is 158 Å². The zero-order valence-corrected chi connectivity index (χ0v) is 15.5. The molecule has 1 aliphatic carbocycles.